The van der Waals surface area contributed by atoms with Crippen LogP contribution in [0.5, 0.6) is 0 Å². The molecular formula is C22H26. The van der Waals surface area contributed by atoms with Gasteiger partial charge in [0.05, 0.1) is 0 Å². The van der Waals surface area contributed by atoms with Crippen LogP contribution < -0.4 is 0 Å². The van der Waals surface area contributed by atoms with Gasteiger partial charge in [-0.1, -0.05) is 83.2 Å². The number of fused-ring (bicyclic) bond motifs is 1. The largest absolute Gasteiger partial charge is 0.0795 e. The zero-order chi connectivity index (χ0) is 15.9. The number of benzene rings is 2. The van der Waals surface area contributed by atoms with Crippen molar-refractivity contribution in [3.8, 4) is 11.1 Å². The third-order valence-electron chi connectivity index (χ3n) is 4.65. The molecule has 0 heteroatoms. The van der Waals surface area contributed by atoms with E-state index in [9.17, 15) is 0 Å². The first kappa shape index (κ1) is 15.1. The van der Waals surface area contributed by atoms with Gasteiger partial charge in [-0.05, 0) is 51.1 Å². The molecule has 0 aliphatic heterocycles. The molecule has 2 aromatic carbocycles. The normalized spacial score (nSPS) is 13.7. The van der Waals surface area contributed by atoms with Gasteiger partial charge in [0.1, 0.15) is 0 Å². The van der Waals surface area contributed by atoms with Gasteiger partial charge < -0.3 is 0 Å². The van der Waals surface area contributed by atoms with Crippen molar-refractivity contribution in [2.45, 2.75) is 52.4 Å². The van der Waals surface area contributed by atoms with Crippen LogP contribution in [-0.2, 0) is 11.8 Å². The zero-order valence-corrected chi connectivity index (χ0v) is 14.4. The van der Waals surface area contributed by atoms with Gasteiger partial charge in [-0.15, -0.1) is 0 Å². The summed E-state index contributed by atoms with van der Waals surface area (Å²) in [6.07, 6.45) is 5.62. The molecule has 0 heterocycles. The zero-order valence-electron chi connectivity index (χ0n) is 14.4. The van der Waals surface area contributed by atoms with Crippen molar-refractivity contribution in [3.05, 3.63) is 64.7 Å². The van der Waals surface area contributed by atoms with Crippen molar-refractivity contribution in [2.24, 2.45) is 0 Å². The number of hydrogen-bond acceptors (Lipinski definition) is 0. The molecule has 0 radical (unpaired) electrons. The smallest absolute Gasteiger partial charge is 0.00879 e. The lowest BCUT2D eigenvalue weighted by atomic mass is 9.81. The van der Waals surface area contributed by atoms with Crippen molar-refractivity contribution < 1.29 is 0 Å². The van der Waals surface area contributed by atoms with Crippen LogP contribution in [0, 0.1) is 0 Å². The fourth-order valence-electron chi connectivity index (χ4n) is 3.28. The quantitative estimate of drug-likeness (QED) is 0.605. The minimum absolute atomic E-state index is 0.195. The van der Waals surface area contributed by atoms with Crippen molar-refractivity contribution in [1.82, 2.24) is 0 Å². The maximum absolute atomic E-state index is 2.41. The maximum Gasteiger partial charge on any atom is -0.00879 e. The van der Waals surface area contributed by atoms with E-state index >= 15 is 0 Å². The molecule has 2 aromatic rings. The van der Waals surface area contributed by atoms with Crippen molar-refractivity contribution in [3.63, 3.8) is 0 Å². The molecule has 22 heavy (non-hydrogen) atoms. The molecular weight excluding hydrogens is 264 g/mol. The standard InChI is InChI=1S/C22H26/c1-15(2)21-14-17(22(3,4)5)12-13-20(21)19-11-7-9-16-8-6-10-18(16)19/h6-7,9-15H,8H2,1-5H3. The molecule has 0 saturated carbocycles. The van der Waals surface area contributed by atoms with Crippen molar-refractivity contribution >= 4 is 6.08 Å². The molecule has 3 rings (SSSR count). The second-order valence-electron chi connectivity index (χ2n) is 7.69. The van der Waals surface area contributed by atoms with Crippen molar-refractivity contribution in [1.29, 1.82) is 0 Å². The Morgan fingerprint density at radius 3 is 2.41 bits per heavy atom. The molecule has 0 atom stereocenters. The first-order chi connectivity index (χ1) is 10.4. The number of hydrogen-bond donors (Lipinski definition) is 0. The molecule has 0 nitrogen and oxygen atoms in total. The van der Waals surface area contributed by atoms with Crippen LogP contribution in [0.3, 0.4) is 0 Å². The van der Waals surface area contributed by atoms with E-state index in [1.807, 2.05) is 0 Å². The van der Waals surface area contributed by atoms with Crippen LogP contribution in [0.4, 0.5) is 0 Å². The van der Waals surface area contributed by atoms with Gasteiger partial charge in [0.25, 0.3) is 0 Å². The highest BCUT2D eigenvalue weighted by molar-refractivity contribution is 5.81. The first-order valence-electron chi connectivity index (χ1n) is 8.31. The summed E-state index contributed by atoms with van der Waals surface area (Å²) in [5.74, 6) is 0.526. The van der Waals surface area contributed by atoms with Crippen LogP contribution in [0.25, 0.3) is 17.2 Å². The van der Waals surface area contributed by atoms with Gasteiger partial charge in [-0.2, -0.15) is 0 Å². The van der Waals surface area contributed by atoms with E-state index in [1.165, 1.54) is 33.4 Å². The topological polar surface area (TPSA) is 0 Å². The summed E-state index contributed by atoms with van der Waals surface area (Å²) in [6, 6.07) is 13.8. The van der Waals surface area contributed by atoms with E-state index in [2.05, 4.69) is 83.2 Å². The fourth-order valence-corrected chi connectivity index (χ4v) is 3.28. The van der Waals surface area contributed by atoms with Crippen LogP contribution in [-0.4, -0.2) is 0 Å². The van der Waals surface area contributed by atoms with Gasteiger partial charge in [-0.25, -0.2) is 0 Å². The lowest BCUT2D eigenvalue weighted by Crippen LogP contribution is -2.12. The molecule has 1 aliphatic rings. The molecule has 0 aromatic heterocycles. The molecule has 0 unspecified atom stereocenters. The minimum atomic E-state index is 0.195. The SMILES string of the molecule is CC(C)c1cc(C(C)(C)C)ccc1-c1cccc2c1C=CC2. The Morgan fingerprint density at radius 2 is 1.73 bits per heavy atom. The summed E-state index contributed by atoms with van der Waals surface area (Å²) >= 11 is 0. The fraction of sp³-hybridized carbons (Fsp3) is 0.364. The first-order valence-corrected chi connectivity index (χ1v) is 8.31. The Morgan fingerprint density at radius 1 is 0.955 bits per heavy atom. The van der Waals surface area contributed by atoms with Gasteiger partial charge in [0, 0.05) is 0 Å². The van der Waals surface area contributed by atoms with Crippen LogP contribution in [0.15, 0.2) is 42.5 Å². The van der Waals surface area contributed by atoms with Gasteiger partial charge >= 0.3 is 0 Å². The molecule has 0 spiro atoms. The lowest BCUT2D eigenvalue weighted by molar-refractivity contribution is 0.588. The van der Waals surface area contributed by atoms with Gasteiger partial charge in [-0.3, -0.25) is 0 Å². The second-order valence-corrected chi connectivity index (χ2v) is 7.69. The lowest BCUT2D eigenvalue weighted by Gasteiger charge is -2.23. The molecule has 0 fully saturated rings. The minimum Gasteiger partial charge on any atom is -0.0795 e. The molecule has 0 amide bonds. The summed E-state index contributed by atoms with van der Waals surface area (Å²) < 4.78 is 0. The number of rotatable bonds is 2. The maximum atomic E-state index is 2.41. The molecule has 114 valence electrons. The summed E-state index contributed by atoms with van der Waals surface area (Å²) in [6.45, 7) is 11.5. The molecule has 0 saturated heterocycles. The highest BCUT2D eigenvalue weighted by Crippen LogP contribution is 2.37. The van der Waals surface area contributed by atoms with Crippen LogP contribution in [0.1, 0.15) is 62.8 Å². The highest BCUT2D eigenvalue weighted by atomic mass is 14.2. The van der Waals surface area contributed by atoms with E-state index in [0.717, 1.165) is 6.42 Å². The Labute approximate surface area is 134 Å². The van der Waals surface area contributed by atoms with E-state index in [1.54, 1.807) is 0 Å². The average molecular weight is 290 g/mol. The monoisotopic (exact) mass is 290 g/mol. The summed E-state index contributed by atoms with van der Waals surface area (Å²) in [5, 5.41) is 0. The summed E-state index contributed by atoms with van der Waals surface area (Å²) in [5.41, 5.74) is 8.71. The molecule has 0 N–H and O–H groups in total. The van der Waals surface area contributed by atoms with E-state index in [4.69, 9.17) is 0 Å². The Kier molecular flexibility index (Phi) is 3.72. The van der Waals surface area contributed by atoms with Crippen LogP contribution in [0.2, 0.25) is 0 Å². The predicted octanol–water partition coefficient (Wildman–Crippen LogP) is 6.34. The van der Waals surface area contributed by atoms with E-state index < -0.39 is 0 Å². The Bertz CT molecular complexity index is 724. The number of allylic oxidation sites excluding steroid dienone is 1. The third kappa shape index (κ3) is 2.63. The average Bonchev–Trinajstić information content (AvgIpc) is 2.94. The summed E-state index contributed by atoms with van der Waals surface area (Å²) in [7, 11) is 0. The predicted molar refractivity (Wildman–Crippen MR) is 97.4 cm³/mol. The molecule has 0 bridgehead atoms. The Hall–Kier alpha value is -1.82. The summed E-state index contributed by atoms with van der Waals surface area (Å²) in [4.78, 5) is 0. The molecule has 1 aliphatic carbocycles. The highest BCUT2D eigenvalue weighted by Gasteiger charge is 2.19. The third-order valence-corrected chi connectivity index (χ3v) is 4.65. The van der Waals surface area contributed by atoms with Crippen LogP contribution >= 0.6 is 0 Å². The Balaban J connectivity index is 2.20. The second kappa shape index (κ2) is 5.43. The van der Waals surface area contributed by atoms with E-state index in [-0.39, 0.29) is 5.41 Å². The van der Waals surface area contributed by atoms with Crippen molar-refractivity contribution in [2.75, 3.05) is 0 Å². The van der Waals surface area contributed by atoms with Gasteiger partial charge in [0.15, 0.2) is 0 Å². The van der Waals surface area contributed by atoms with E-state index in [0.29, 0.717) is 5.92 Å². The van der Waals surface area contributed by atoms with Gasteiger partial charge in [0.2, 0.25) is 0 Å².